The van der Waals surface area contributed by atoms with Crippen LogP contribution >= 0.6 is 0 Å². The largest absolute Gasteiger partial charge is 0.356 e. The summed E-state index contributed by atoms with van der Waals surface area (Å²) in [6.45, 7) is 4.89. The zero-order valence-electron chi connectivity index (χ0n) is 14.9. The van der Waals surface area contributed by atoms with Gasteiger partial charge >= 0.3 is 0 Å². The first kappa shape index (κ1) is 14.3. The van der Waals surface area contributed by atoms with Crippen molar-refractivity contribution in [3.05, 3.63) is 63.4 Å². The van der Waals surface area contributed by atoms with Crippen LogP contribution in [0.25, 0.3) is 16.5 Å². The summed E-state index contributed by atoms with van der Waals surface area (Å²) in [4.78, 5) is 21.5. The number of amides is 1. The minimum Gasteiger partial charge on any atom is -0.356 e. The maximum absolute atomic E-state index is 12.8. The predicted molar refractivity (Wildman–Crippen MR) is 103 cm³/mol. The van der Waals surface area contributed by atoms with Gasteiger partial charge in [-0.3, -0.25) is 9.79 Å². The van der Waals surface area contributed by atoms with Crippen LogP contribution in [0, 0.1) is 6.92 Å². The van der Waals surface area contributed by atoms with Crippen molar-refractivity contribution in [2.24, 2.45) is 4.99 Å². The van der Waals surface area contributed by atoms with Gasteiger partial charge in [-0.05, 0) is 43.5 Å². The normalized spacial score (nSPS) is 23.5. The van der Waals surface area contributed by atoms with Gasteiger partial charge in [0.2, 0.25) is 0 Å². The lowest BCUT2D eigenvalue weighted by Crippen LogP contribution is -2.20. The molecule has 1 aromatic carbocycles. The quantitative estimate of drug-likeness (QED) is 0.702. The Kier molecular flexibility index (Phi) is 2.55. The van der Waals surface area contributed by atoms with Crippen LogP contribution < -0.4 is 5.32 Å². The molecule has 2 N–H and O–H groups in total. The fourth-order valence-corrected chi connectivity index (χ4v) is 4.95. The highest BCUT2D eigenvalue weighted by atomic mass is 16.1. The highest BCUT2D eigenvalue weighted by molar-refractivity contribution is 6.18. The number of nitrogens with one attached hydrogen (secondary N) is 2. The number of H-pyrrole nitrogens is 1. The SMILES string of the molecule is CC1=CCC2=NC3C(=C2C1)C1=C(CNC1=O)c1c3[nH]c2ccc(C)cc12. The summed E-state index contributed by atoms with van der Waals surface area (Å²) in [5.41, 5.74) is 11.7. The molecule has 0 spiro atoms. The molecule has 4 heteroatoms. The molecule has 4 aliphatic rings. The van der Waals surface area contributed by atoms with Crippen LogP contribution in [0.1, 0.15) is 42.6 Å². The van der Waals surface area contributed by atoms with Gasteiger partial charge in [-0.15, -0.1) is 0 Å². The molecule has 2 aromatic rings. The molecule has 6 rings (SSSR count). The van der Waals surface area contributed by atoms with E-state index in [-0.39, 0.29) is 11.9 Å². The van der Waals surface area contributed by atoms with E-state index in [2.05, 4.69) is 48.4 Å². The monoisotopic (exact) mass is 341 g/mol. The lowest BCUT2D eigenvalue weighted by Gasteiger charge is -2.23. The summed E-state index contributed by atoms with van der Waals surface area (Å²) in [5, 5.41) is 4.27. The molecule has 1 amide bonds. The van der Waals surface area contributed by atoms with E-state index >= 15 is 0 Å². The molecule has 2 aliphatic carbocycles. The first-order valence-electron chi connectivity index (χ1n) is 9.22. The fraction of sp³-hybridized carbons (Fsp3) is 0.273. The first-order valence-corrected chi connectivity index (χ1v) is 9.22. The maximum Gasteiger partial charge on any atom is 0.252 e. The molecule has 2 aliphatic heterocycles. The summed E-state index contributed by atoms with van der Waals surface area (Å²) < 4.78 is 0. The van der Waals surface area contributed by atoms with E-state index in [1.807, 2.05) is 0 Å². The molecule has 1 atom stereocenters. The number of rotatable bonds is 0. The van der Waals surface area contributed by atoms with Gasteiger partial charge in [0, 0.05) is 40.7 Å². The van der Waals surface area contributed by atoms with Gasteiger partial charge in [-0.1, -0.05) is 23.3 Å². The van der Waals surface area contributed by atoms with Crippen LogP contribution in [-0.2, 0) is 4.79 Å². The van der Waals surface area contributed by atoms with Gasteiger partial charge in [-0.25, -0.2) is 0 Å². The first-order chi connectivity index (χ1) is 12.6. The number of fused-ring (bicyclic) bond motifs is 8. The molecule has 3 heterocycles. The summed E-state index contributed by atoms with van der Waals surface area (Å²) in [5.74, 6) is 0.0591. The van der Waals surface area contributed by atoms with Crippen molar-refractivity contribution in [3.8, 4) is 0 Å². The van der Waals surface area contributed by atoms with Crippen LogP contribution in [0.3, 0.4) is 0 Å². The highest BCUT2D eigenvalue weighted by Gasteiger charge is 2.44. The molecule has 0 fully saturated rings. The van der Waals surface area contributed by atoms with Crippen molar-refractivity contribution in [2.45, 2.75) is 32.7 Å². The van der Waals surface area contributed by atoms with Gasteiger partial charge in [0.25, 0.3) is 5.91 Å². The number of aromatic amines is 1. The highest BCUT2D eigenvalue weighted by Crippen LogP contribution is 2.52. The Bertz CT molecular complexity index is 1170. The molecular weight excluding hydrogens is 322 g/mol. The van der Waals surface area contributed by atoms with Gasteiger partial charge < -0.3 is 10.3 Å². The second kappa shape index (κ2) is 4.64. The smallest absolute Gasteiger partial charge is 0.252 e. The number of carbonyl (C=O) groups excluding carboxylic acids is 1. The number of nitrogens with zero attached hydrogens (tertiary/aromatic N) is 1. The zero-order valence-corrected chi connectivity index (χ0v) is 14.9. The van der Waals surface area contributed by atoms with Crippen molar-refractivity contribution in [1.29, 1.82) is 0 Å². The van der Waals surface area contributed by atoms with Gasteiger partial charge in [0.15, 0.2) is 0 Å². The average Bonchev–Trinajstić information content (AvgIpc) is 3.27. The maximum atomic E-state index is 12.8. The van der Waals surface area contributed by atoms with Crippen LogP contribution in [-0.4, -0.2) is 23.1 Å². The Morgan fingerprint density at radius 3 is 2.96 bits per heavy atom. The Balaban J connectivity index is 1.72. The molecule has 0 bridgehead atoms. The molecule has 1 unspecified atom stereocenters. The van der Waals surface area contributed by atoms with Crippen molar-refractivity contribution in [2.75, 3.05) is 6.54 Å². The van der Waals surface area contributed by atoms with Crippen LogP contribution in [0.5, 0.6) is 0 Å². The topological polar surface area (TPSA) is 57.2 Å². The van der Waals surface area contributed by atoms with Crippen molar-refractivity contribution in [3.63, 3.8) is 0 Å². The van der Waals surface area contributed by atoms with Crippen molar-refractivity contribution < 1.29 is 4.79 Å². The molecule has 0 radical (unpaired) electrons. The van der Waals surface area contributed by atoms with Gasteiger partial charge in [0.05, 0.1) is 11.3 Å². The number of benzene rings is 1. The number of aromatic nitrogens is 1. The van der Waals surface area contributed by atoms with E-state index in [0.717, 1.165) is 46.5 Å². The Labute approximate surface area is 151 Å². The molecule has 0 saturated heterocycles. The molecular formula is C22H19N3O. The number of aliphatic imine (C=N–C) groups is 1. The van der Waals surface area contributed by atoms with Gasteiger partial charge in [0.1, 0.15) is 6.04 Å². The number of aryl methyl sites for hydroxylation is 1. The standard InChI is InChI=1S/C22H19N3O/c1-10-3-5-15-12(7-10)17-14-9-23-22(26)19(14)18-13-8-11(2)4-6-16(13)25-21(18)20(17)24-15/h3-5,7,21,24H,6,8-9H2,1-2H3,(H,23,26). The van der Waals surface area contributed by atoms with Crippen LogP contribution in [0.4, 0.5) is 0 Å². The minimum absolute atomic E-state index is 0.0591. The molecule has 128 valence electrons. The van der Waals surface area contributed by atoms with Crippen molar-refractivity contribution >= 4 is 28.1 Å². The van der Waals surface area contributed by atoms with Crippen molar-refractivity contribution in [1.82, 2.24) is 10.3 Å². The number of carbonyl (C=O) groups is 1. The Morgan fingerprint density at radius 1 is 1.19 bits per heavy atom. The van der Waals surface area contributed by atoms with E-state index in [1.165, 1.54) is 27.7 Å². The number of hydrogen-bond acceptors (Lipinski definition) is 2. The third-order valence-electron chi connectivity index (χ3n) is 6.11. The third-order valence-corrected chi connectivity index (χ3v) is 6.11. The van der Waals surface area contributed by atoms with Gasteiger partial charge in [-0.2, -0.15) is 0 Å². The predicted octanol–water partition coefficient (Wildman–Crippen LogP) is 3.91. The van der Waals surface area contributed by atoms with E-state index in [0.29, 0.717) is 6.54 Å². The second-order valence-electron chi connectivity index (χ2n) is 7.80. The van der Waals surface area contributed by atoms with Crippen LogP contribution in [0.2, 0.25) is 0 Å². The third kappa shape index (κ3) is 1.64. The Morgan fingerprint density at radius 2 is 2.08 bits per heavy atom. The van der Waals surface area contributed by atoms with E-state index in [1.54, 1.807) is 0 Å². The molecule has 1 aromatic heterocycles. The lowest BCUT2D eigenvalue weighted by atomic mass is 9.79. The summed E-state index contributed by atoms with van der Waals surface area (Å²) in [6.07, 6.45) is 4.04. The van der Waals surface area contributed by atoms with E-state index in [9.17, 15) is 4.79 Å². The summed E-state index contributed by atoms with van der Waals surface area (Å²) in [7, 11) is 0. The molecule has 26 heavy (non-hydrogen) atoms. The van der Waals surface area contributed by atoms with Crippen LogP contribution in [0.15, 0.2) is 51.6 Å². The number of hydrogen-bond donors (Lipinski definition) is 2. The summed E-state index contributed by atoms with van der Waals surface area (Å²) in [6, 6.07) is 6.42. The number of allylic oxidation sites excluding steroid dienone is 3. The van der Waals surface area contributed by atoms with E-state index < -0.39 is 0 Å². The second-order valence-corrected chi connectivity index (χ2v) is 7.80. The minimum atomic E-state index is -0.0652. The summed E-state index contributed by atoms with van der Waals surface area (Å²) >= 11 is 0. The fourth-order valence-electron chi connectivity index (χ4n) is 4.95. The van der Waals surface area contributed by atoms with E-state index in [4.69, 9.17) is 4.99 Å². The molecule has 4 nitrogen and oxygen atoms in total. The average molecular weight is 341 g/mol. The Hall–Kier alpha value is -2.88. The lowest BCUT2D eigenvalue weighted by molar-refractivity contribution is -0.116. The zero-order chi connectivity index (χ0) is 17.6. The molecule has 0 saturated carbocycles.